The van der Waals surface area contributed by atoms with Gasteiger partial charge in [0.15, 0.2) is 0 Å². The predicted octanol–water partition coefficient (Wildman–Crippen LogP) is 6.78. The van der Waals surface area contributed by atoms with Crippen LogP contribution in [0.4, 0.5) is 18.9 Å². The van der Waals surface area contributed by atoms with Crippen molar-refractivity contribution in [3.05, 3.63) is 95.6 Å². The van der Waals surface area contributed by atoms with E-state index < -0.39 is 11.7 Å². The SMILES string of the molecule is C[N+](C)(Cc1ccc(NC(=O)/C=C/c2ccc(-c3ccc(C(F)(F)F)cc3)cc2)cc1)C1CCOCC1. The van der Waals surface area contributed by atoms with Gasteiger partial charge >= 0.3 is 6.18 Å². The van der Waals surface area contributed by atoms with E-state index in [1.807, 2.05) is 36.4 Å². The summed E-state index contributed by atoms with van der Waals surface area (Å²) in [7, 11) is 4.51. The maximum Gasteiger partial charge on any atom is 0.416 e. The van der Waals surface area contributed by atoms with E-state index in [0.717, 1.165) is 66.0 Å². The molecule has 1 heterocycles. The van der Waals surface area contributed by atoms with Gasteiger partial charge in [-0.2, -0.15) is 13.2 Å². The van der Waals surface area contributed by atoms with Gasteiger partial charge in [0.2, 0.25) is 5.91 Å². The number of alkyl halides is 3. The van der Waals surface area contributed by atoms with Crippen LogP contribution < -0.4 is 5.32 Å². The number of rotatable bonds is 7. The first-order valence-corrected chi connectivity index (χ1v) is 12.4. The molecule has 37 heavy (non-hydrogen) atoms. The number of anilines is 1. The van der Waals surface area contributed by atoms with E-state index >= 15 is 0 Å². The summed E-state index contributed by atoms with van der Waals surface area (Å²) >= 11 is 0. The Hall–Kier alpha value is -3.42. The Morgan fingerprint density at radius 1 is 0.919 bits per heavy atom. The summed E-state index contributed by atoms with van der Waals surface area (Å²) in [6.07, 6.45) is 0.966. The number of nitrogens with one attached hydrogen (secondary N) is 1. The molecule has 1 saturated heterocycles. The zero-order valence-electron chi connectivity index (χ0n) is 21.1. The zero-order valence-corrected chi connectivity index (χ0v) is 21.1. The molecule has 4 nitrogen and oxygen atoms in total. The van der Waals surface area contributed by atoms with Crippen LogP contribution in [0.1, 0.15) is 29.5 Å². The lowest BCUT2D eigenvalue weighted by Crippen LogP contribution is -2.50. The van der Waals surface area contributed by atoms with E-state index in [4.69, 9.17) is 4.74 Å². The minimum absolute atomic E-state index is 0.238. The van der Waals surface area contributed by atoms with Crippen LogP contribution in [0.5, 0.6) is 0 Å². The van der Waals surface area contributed by atoms with Crippen molar-refractivity contribution >= 4 is 17.7 Å². The molecule has 1 N–H and O–H groups in total. The Bertz CT molecular complexity index is 1210. The molecule has 1 amide bonds. The van der Waals surface area contributed by atoms with Crippen molar-refractivity contribution in [2.45, 2.75) is 31.6 Å². The van der Waals surface area contributed by atoms with Crippen LogP contribution in [-0.4, -0.2) is 43.7 Å². The van der Waals surface area contributed by atoms with Crippen LogP contribution in [0.2, 0.25) is 0 Å². The Balaban J connectivity index is 1.30. The van der Waals surface area contributed by atoms with Crippen molar-refractivity contribution in [2.24, 2.45) is 0 Å². The summed E-state index contributed by atoms with van der Waals surface area (Å²) in [4.78, 5) is 12.4. The summed E-state index contributed by atoms with van der Waals surface area (Å²) in [6, 6.07) is 20.9. The van der Waals surface area contributed by atoms with E-state index in [-0.39, 0.29) is 5.91 Å². The third-order valence-electron chi connectivity index (χ3n) is 6.87. The quantitative estimate of drug-likeness (QED) is 0.282. The highest BCUT2D eigenvalue weighted by Gasteiger charge is 2.31. The predicted molar refractivity (Wildman–Crippen MR) is 141 cm³/mol. The van der Waals surface area contributed by atoms with Gasteiger partial charge in [-0.25, -0.2) is 0 Å². The number of halogens is 3. The Labute approximate surface area is 216 Å². The molecular formula is C30H32F3N2O2+. The minimum Gasteiger partial charge on any atom is -0.381 e. The molecule has 0 unspecified atom stereocenters. The summed E-state index contributed by atoms with van der Waals surface area (Å²) in [5.74, 6) is -0.238. The lowest BCUT2D eigenvalue weighted by molar-refractivity contribution is -0.929. The first-order valence-electron chi connectivity index (χ1n) is 12.4. The summed E-state index contributed by atoms with van der Waals surface area (Å²) < 4.78 is 44.7. The van der Waals surface area contributed by atoms with Crippen LogP contribution in [-0.2, 0) is 22.3 Å². The average molecular weight is 510 g/mol. The molecular weight excluding hydrogens is 477 g/mol. The van der Waals surface area contributed by atoms with E-state index in [1.54, 1.807) is 6.08 Å². The minimum atomic E-state index is -4.35. The summed E-state index contributed by atoms with van der Waals surface area (Å²) in [6.45, 7) is 2.57. The molecule has 1 aliphatic heterocycles. The maximum atomic E-state index is 12.8. The molecule has 1 fully saturated rings. The molecule has 0 bridgehead atoms. The van der Waals surface area contributed by atoms with Crippen molar-refractivity contribution in [3.63, 3.8) is 0 Å². The van der Waals surface area contributed by atoms with Gasteiger partial charge in [-0.05, 0) is 47.0 Å². The smallest absolute Gasteiger partial charge is 0.381 e. The van der Waals surface area contributed by atoms with E-state index in [2.05, 4.69) is 31.5 Å². The molecule has 0 aliphatic carbocycles. The number of nitrogens with zero attached hydrogens (tertiary/aromatic N) is 1. The van der Waals surface area contributed by atoms with Gasteiger partial charge in [0.25, 0.3) is 0 Å². The van der Waals surface area contributed by atoms with Crippen LogP contribution >= 0.6 is 0 Å². The third-order valence-corrected chi connectivity index (χ3v) is 6.87. The largest absolute Gasteiger partial charge is 0.416 e. The highest BCUT2D eigenvalue weighted by atomic mass is 19.4. The maximum absolute atomic E-state index is 12.8. The van der Waals surface area contributed by atoms with Gasteiger partial charge in [0.1, 0.15) is 6.54 Å². The monoisotopic (exact) mass is 509 g/mol. The number of carbonyl (C=O) groups is 1. The Kier molecular flexibility index (Phi) is 8.15. The average Bonchev–Trinajstić information content (AvgIpc) is 2.89. The van der Waals surface area contributed by atoms with Crippen molar-refractivity contribution in [1.29, 1.82) is 0 Å². The molecule has 0 aromatic heterocycles. The molecule has 0 spiro atoms. The van der Waals surface area contributed by atoms with Crippen molar-refractivity contribution in [3.8, 4) is 11.1 Å². The van der Waals surface area contributed by atoms with Crippen LogP contribution in [0.3, 0.4) is 0 Å². The van der Waals surface area contributed by atoms with Gasteiger partial charge in [-0.15, -0.1) is 0 Å². The van der Waals surface area contributed by atoms with Crippen LogP contribution in [0.25, 0.3) is 17.2 Å². The lowest BCUT2D eigenvalue weighted by Gasteiger charge is -2.40. The summed E-state index contributed by atoms with van der Waals surface area (Å²) in [5, 5.41) is 2.88. The van der Waals surface area contributed by atoms with E-state index in [0.29, 0.717) is 11.6 Å². The second kappa shape index (κ2) is 11.3. The highest BCUT2D eigenvalue weighted by molar-refractivity contribution is 6.01. The van der Waals surface area contributed by atoms with Crippen molar-refractivity contribution < 1.29 is 27.2 Å². The molecule has 3 aromatic carbocycles. The van der Waals surface area contributed by atoms with Gasteiger partial charge in [-0.3, -0.25) is 4.79 Å². The number of amides is 1. The second-order valence-electron chi connectivity index (χ2n) is 10.00. The van der Waals surface area contributed by atoms with Gasteiger partial charge in [0, 0.05) is 30.2 Å². The number of hydrogen-bond acceptors (Lipinski definition) is 2. The van der Waals surface area contributed by atoms with Gasteiger partial charge in [0.05, 0.1) is 38.9 Å². The first-order chi connectivity index (χ1) is 17.6. The third kappa shape index (κ3) is 7.31. The number of benzene rings is 3. The van der Waals surface area contributed by atoms with Gasteiger partial charge < -0.3 is 14.5 Å². The molecule has 0 saturated carbocycles. The molecule has 0 atom stereocenters. The number of hydrogen-bond donors (Lipinski definition) is 1. The fourth-order valence-electron chi connectivity index (χ4n) is 4.67. The zero-order chi connectivity index (χ0) is 26.5. The Morgan fingerprint density at radius 3 is 2.05 bits per heavy atom. The van der Waals surface area contributed by atoms with Crippen molar-refractivity contribution in [2.75, 3.05) is 32.6 Å². The normalized spacial score (nSPS) is 15.2. The van der Waals surface area contributed by atoms with Gasteiger partial charge in [-0.1, -0.05) is 48.5 Å². The molecule has 1 aliphatic rings. The molecule has 7 heteroatoms. The second-order valence-corrected chi connectivity index (χ2v) is 10.00. The Morgan fingerprint density at radius 2 is 1.49 bits per heavy atom. The highest BCUT2D eigenvalue weighted by Crippen LogP contribution is 2.31. The number of carbonyl (C=O) groups excluding carboxylic acids is 1. The molecule has 4 rings (SSSR count). The summed E-state index contributed by atoms with van der Waals surface area (Å²) in [5.41, 5.74) is 3.59. The fourth-order valence-corrected chi connectivity index (χ4v) is 4.67. The topological polar surface area (TPSA) is 38.3 Å². The first kappa shape index (κ1) is 26.6. The van der Waals surface area contributed by atoms with Crippen LogP contribution in [0.15, 0.2) is 78.9 Å². The van der Waals surface area contributed by atoms with Crippen molar-refractivity contribution in [1.82, 2.24) is 0 Å². The fraction of sp³-hybridized carbons (Fsp3) is 0.300. The van der Waals surface area contributed by atoms with E-state index in [9.17, 15) is 18.0 Å². The lowest BCUT2D eigenvalue weighted by atomic mass is 10.0. The molecule has 194 valence electrons. The number of ether oxygens (including phenoxy) is 1. The van der Waals surface area contributed by atoms with E-state index in [1.165, 1.54) is 23.8 Å². The molecule has 3 aromatic rings. The van der Waals surface area contributed by atoms with Crippen LogP contribution in [0, 0.1) is 0 Å². The number of quaternary nitrogens is 1. The standard InChI is InChI=1S/C30H31F3N2O2/c1-35(2,28-17-19-37-20-18-28)21-23-5-14-27(15-6-23)34-29(36)16-7-22-3-8-24(9-4-22)25-10-12-26(13-11-25)30(31,32)33/h3-16,28H,17-21H2,1-2H3/p+1/b16-7+. The molecule has 0 radical (unpaired) electrons.